The van der Waals surface area contributed by atoms with Crippen LogP contribution in [-0.4, -0.2) is 45.9 Å². The molecular weight excluding hydrogens is 410 g/mol. The van der Waals surface area contributed by atoms with Crippen LogP contribution in [0, 0.1) is 0 Å². The summed E-state index contributed by atoms with van der Waals surface area (Å²) >= 11 is 6.28. The number of aryl methyl sites for hydroxylation is 1. The van der Waals surface area contributed by atoms with Gasteiger partial charge in [0.15, 0.2) is 4.80 Å². The summed E-state index contributed by atoms with van der Waals surface area (Å²) in [6.45, 7) is 1.70. The van der Waals surface area contributed by atoms with Gasteiger partial charge in [-0.3, -0.25) is 9.59 Å². The van der Waals surface area contributed by atoms with Crippen LogP contribution in [0.3, 0.4) is 0 Å². The Hall–Kier alpha value is -1.12. The molecule has 2 heterocycles. The summed E-state index contributed by atoms with van der Waals surface area (Å²) in [6.07, 6.45) is 2.17. The van der Waals surface area contributed by atoms with Gasteiger partial charge in [0.25, 0.3) is 5.91 Å². The molecule has 2 aromatic rings. The Labute approximate surface area is 156 Å². The summed E-state index contributed by atoms with van der Waals surface area (Å²) < 4.78 is 4.01. The van der Waals surface area contributed by atoms with E-state index >= 15 is 0 Å². The maximum Gasteiger partial charge on any atom is 0.258 e. The van der Waals surface area contributed by atoms with Crippen molar-refractivity contribution in [1.29, 1.82) is 0 Å². The van der Waals surface area contributed by atoms with Gasteiger partial charge in [-0.2, -0.15) is 4.99 Å². The van der Waals surface area contributed by atoms with Gasteiger partial charge in [0.05, 0.1) is 21.7 Å². The third-order valence-corrected chi connectivity index (χ3v) is 6.39. The smallest absolute Gasteiger partial charge is 0.258 e. The minimum atomic E-state index is -0.199. The number of halogens is 1. The topological polar surface area (TPSA) is 54.7 Å². The van der Waals surface area contributed by atoms with Gasteiger partial charge in [-0.25, -0.2) is 0 Å². The van der Waals surface area contributed by atoms with E-state index < -0.39 is 0 Å². The number of amides is 2. The first-order chi connectivity index (χ1) is 11.5. The minimum absolute atomic E-state index is 0.127. The Morgan fingerprint density at radius 1 is 1.29 bits per heavy atom. The fourth-order valence-corrected chi connectivity index (χ4v) is 4.92. The summed E-state index contributed by atoms with van der Waals surface area (Å²) in [5, 5.41) is 0. The van der Waals surface area contributed by atoms with Crippen LogP contribution in [0.2, 0.25) is 0 Å². The molecule has 0 radical (unpaired) electrons. The number of aromatic nitrogens is 1. The van der Waals surface area contributed by atoms with E-state index in [2.05, 4.69) is 20.9 Å². The van der Waals surface area contributed by atoms with Crippen LogP contribution in [-0.2, 0) is 16.6 Å². The number of thioether (sulfide) groups is 1. The lowest BCUT2D eigenvalue weighted by Crippen LogP contribution is -2.29. The zero-order valence-corrected chi connectivity index (χ0v) is 16.5. The summed E-state index contributed by atoms with van der Waals surface area (Å²) in [5.74, 6) is 0.516. The van der Waals surface area contributed by atoms with Gasteiger partial charge in [0, 0.05) is 24.6 Å². The highest BCUT2D eigenvalue weighted by Gasteiger charge is 2.17. The van der Waals surface area contributed by atoms with E-state index in [1.165, 1.54) is 23.1 Å². The molecule has 0 N–H and O–H groups in total. The first-order valence-corrected chi connectivity index (χ1v) is 10.5. The Morgan fingerprint density at radius 3 is 2.79 bits per heavy atom. The maximum absolute atomic E-state index is 12.1. The number of carbonyl (C=O) groups is 2. The summed E-state index contributed by atoms with van der Waals surface area (Å²) in [5.41, 5.74) is 1.05. The molecule has 0 spiro atoms. The molecule has 128 valence electrons. The van der Waals surface area contributed by atoms with Gasteiger partial charge in [0.1, 0.15) is 0 Å². The van der Waals surface area contributed by atoms with Gasteiger partial charge in [0.2, 0.25) is 5.91 Å². The monoisotopic (exact) mass is 427 g/mol. The summed E-state index contributed by atoms with van der Waals surface area (Å²) in [4.78, 5) is 30.8. The van der Waals surface area contributed by atoms with Gasteiger partial charge in [-0.15, -0.1) is 11.8 Å². The number of benzene rings is 1. The van der Waals surface area contributed by atoms with E-state index in [0.717, 1.165) is 40.6 Å². The molecule has 8 heteroatoms. The van der Waals surface area contributed by atoms with Crippen molar-refractivity contribution < 1.29 is 9.59 Å². The number of hydrogen-bond donors (Lipinski definition) is 0. The van der Waals surface area contributed by atoms with Gasteiger partial charge < -0.3 is 9.47 Å². The van der Waals surface area contributed by atoms with Gasteiger partial charge in [-0.05, 0) is 31.0 Å². The average Bonchev–Trinajstić information content (AvgIpc) is 3.16. The second kappa shape index (κ2) is 7.84. The van der Waals surface area contributed by atoms with Crippen molar-refractivity contribution in [3.63, 3.8) is 0 Å². The molecule has 1 aliphatic rings. The Kier molecular flexibility index (Phi) is 5.78. The second-order valence-corrected chi connectivity index (χ2v) is 8.55. The van der Waals surface area contributed by atoms with E-state index in [0.29, 0.717) is 10.6 Å². The van der Waals surface area contributed by atoms with Crippen molar-refractivity contribution in [2.45, 2.75) is 12.8 Å². The fraction of sp³-hybridized carbons (Fsp3) is 0.438. The lowest BCUT2D eigenvalue weighted by atomic mass is 10.3. The number of nitrogens with zero attached hydrogens (tertiary/aromatic N) is 3. The first kappa shape index (κ1) is 17.7. The molecule has 1 aromatic heterocycles. The van der Waals surface area contributed by atoms with E-state index in [1.807, 2.05) is 34.7 Å². The minimum Gasteiger partial charge on any atom is -0.342 e. The highest BCUT2D eigenvalue weighted by Crippen LogP contribution is 2.21. The molecule has 0 bridgehead atoms. The standard InChI is InChI=1S/C16H18BrN3O2S2/c1-19-12-5-4-11(17)8-13(12)24-16(19)18-14(21)9-23-10-15(22)20-6-2-3-7-20/h4-5,8H,2-3,6-7,9-10H2,1H3. The van der Waals surface area contributed by atoms with Crippen LogP contribution in [0.15, 0.2) is 27.7 Å². The van der Waals surface area contributed by atoms with Crippen molar-refractivity contribution in [2.75, 3.05) is 24.6 Å². The Bertz CT molecular complexity index is 837. The van der Waals surface area contributed by atoms with Crippen LogP contribution >= 0.6 is 39.0 Å². The molecule has 0 atom stereocenters. The van der Waals surface area contributed by atoms with E-state index in [4.69, 9.17) is 0 Å². The van der Waals surface area contributed by atoms with Crippen LogP contribution < -0.4 is 4.80 Å². The Morgan fingerprint density at radius 2 is 2.04 bits per heavy atom. The fourth-order valence-electron chi connectivity index (χ4n) is 2.64. The molecule has 24 heavy (non-hydrogen) atoms. The molecule has 1 aliphatic heterocycles. The van der Waals surface area contributed by atoms with Crippen LogP contribution in [0.1, 0.15) is 12.8 Å². The predicted molar refractivity (Wildman–Crippen MR) is 102 cm³/mol. The van der Waals surface area contributed by atoms with E-state index in [1.54, 1.807) is 0 Å². The normalized spacial score (nSPS) is 15.4. The zero-order chi connectivity index (χ0) is 17.1. The number of fused-ring (bicyclic) bond motifs is 1. The van der Waals surface area contributed by atoms with Gasteiger partial charge in [-0.1, -0.05) is 27.3 Å². The second-order valence-electron chi connectivity index (χ2n) is 5.64. The van der Waals surface area contributed by atoms with Crippen molar-refractivity contribution >= 4 is 61.1 Å². The molecule has 1 saturated heterocycles. The number of thiazole rings is 1. The number of likely N-dealkylation sites (tertiary alicyclic amines) is 1. The molecule has 0 saturated carbocycles. The van der Waals surface area contributed by atoms with Crippen LogP contribution in [0.25, 0.3) is 10.2 Å². The molecule has 3 rings (SSSR count). The molecule has 0 aliphatic carbocycles. The largest absolute Gasteiger partial charge is 0.342 e. The first-order valence-electron chi connectivity index (χ1n) is 7.73. The summed E-state index contributed by atoms with van der Waals surface area (Å²) in [6, 6.07) is 6.00. The average molecular weight is 428 g/mol. The predicted octanol–water partition coefficient (Wildman–Crippen LogP) is 2.79. The quantitative estimate of drug-likeness (QED) is 0.753. The lowest BCUT2D eigenvalue weighted by molar-refractivity contribution is -0.127. The number of carbonyl (C=O) groups excluding carboxylic acids is 2. The molecule has 1 aromatic carbocycles. The molecular formula is C16H18BrN3O2S2. The summed E-state index contributed by atoms with van der Waals surface area (Å²) in [7, 11) is 1.91. The molecule has 0 unspecified atom stereocenters. The van der Waals surface area contributed by atoms with Crippen LogP contribution in [0.5, 0.6) is 0 Å². The van der Waals surface area contributed by atoms with Crippen molar-refractivity contribution in [2.24, 2.45) is 12.0 Å². The van der Waals surface area contributed by atoms with Crippen molar-refractivity contribution in [1.82, 2.24) is 9.47 Å². The maximum atomic E-state index is 12.1. The highest BCUT2D eigenvalue weighted by molar-refractivity contribution is 9.10. The van der Waals surface area contributed by atoms with E-state index in [-0.39, 0.29) is 17.6 Å². The van der Waals surface area contributed by atoms with Crippen molar-refractivity contribution in [3.05, 3.63) is 27.5 Å². The van der Waals surface area contributed by atoms with Gasteiger partial charge >= 0.3 is 0 Å². The number of rotatable bonds is 4. The van der Waals surface area contributed by atoms with E-state index in [9.17, 15) is 9.59 Å². The molecule has 1 fully saturated rings. The lowest BCUT2D eigenvalue weighted by Gasteiger charge is -2.14. The number of hydrogen-bond acceptors (Lipinski definition) is 4. The highest BCUT2D eigenvalue weighted by atomic mass is 79.9. The Balaban J connectivity index is 1.62. The molecule has 5 nitrogen and oxygen atoms in total. The van der Waals surface area contributed by atoms with Crippen molar-refractivity contribution in [3.8, 4) is 0 Å². The molecule has 2 amide bonds. The zero-order valence-electron chi connectivity index (χ0n) is 13.3. The third-order valence-electron chi connectivity index (χ3n) is 3.90. The van der Waals surface area contributed by atoms with Crippen LogP contribution in [0.4, 0.5) is 0 Å². The third kappa shape index (κ3) is 4.10. The SMILES string of the molecule is Cn1c(=NC(=O)CSCC(=O)N2CCCC2)sc2cc(Br)ccc21.